The van der Waals surface area contributed by atoms with Crippen LogP contribution in [0.15, 0.2) is 22.7 Å². The molecule has 2 saturated heterocycles. The molecule has 2 fully saturated rings. The molecule has 2 bridgehead atoms. The summed E-state index contributed by atoms with van der Waals surface area (Å²) in [4.78, 5) is 14.4. The number of fused-ring (bicyclic) bond motifs is 2. The summed E-state index contributed by atoms with van der Waals surface area (Å²) >= 11 is 3.22. The van der Waals surface area contributed by atoms with Crippen molar-refractivity contribution in [1.82, 2.24) is 4.90 Å². The van der Waals surface area contributed by atoms with Crippen LogP contribution in [0.1, 0.15) is 46.5 Å². The first-order valence-electron chi connectivity index (χ1n) is 8.46. The summed E-state index contributed by atoms with van der Waals surface area (Å²) in [6.07, 6.45) is 3.40. The molecule has 3 rings (SSSR count). The van der Waals surface area contributed by atoms with Crippen LogP contribution in [0.3, 0.4) is 0 Å². The van der Waals surface area contributed by atoms with Crippen LogP contribution >= 0.6 is 15.9 Å². The van der Waals surface area contributed by atoms with E-state index < -0.39 is 5.60 Å². The SMILES string of the molecule is CC(C)(C)OC(=O)N1C2CCC1CC(Nc1cccc(Br)c1F)C2. The van der Waals surface area contributed by atoms with Crippen LogP contribution < -0.4 is 5.32 Å². The van der Waals surface area contributed by atoms with Crippen LogP contribution in [0.2, 0.25) is 0 Å². The van der Waals surface area contributed by atoms with Crippen molar-refractivity contribution >= 4 is 27.7 Å². The number of benzene rings is 1. The minimum atomic E-state index is -0.481. The van der Waals surface area contributed by atoms with Gasteiger partial charge in [-0.15, -0.1) is 0 Å². The molecule has 2 aliphatic heterocycles. The fraction of sp³-hybridized carbons (Fsp3) is 0.611. The molecule has 24 heavy (non-hydrogen) atoms. The summed E-state index contributed by atoms with van der Waals surface area (Å²) in [5, 5.41) is 3.31. The van der Waals surface area contributed by atoms with E-state index in [1.807, 2.05) is 31.7 Å². The molecule has 0 spiro atoms. The molecule has 0 saturated carbocycles. The van der Waals surface area contributed by atoms with Gasteiger partial charge in [-0.3, -0.25) is 0 Å². The molecule has 0 aliphatic carbocycles. The molecule has 2 aliphatic rings. The summed E-state index contributed by atoms with van der Waals surface area (Å²) in [7, 11) is 0. The summed E-state index contributed by atoms with van der Waals surface area (Å²) in [6, 6.07) is 5.78. The third kappa shape index (κ3) is 3.68. The summed E-state index contributed by atoms with van der Waals surface area (Å²) in [5.41, 5.74) is 0.0323. The average molecular weight is 399 g/mol. The van der Waals surface area contributed by atoms with E-state index in [0.717, 1.165) is 25.7 Å². The van der Waals surface area contributed by atoms with Gasteiger partial charge in [0.05, 0.1) is 10.2 Å². The molecule has 2 heterocycles. The highest BCUT2D eigenvalue weighted by Crippen LogP contribution is 2.38. The number of carbonyl (C=O) groups excluding carboxylic acids is 1. The lowest BCUT2D eigenvalue weighted by molar-refractivity contribution is 0.00682. The van der Waals surface area contributed by atoms with Crippen molar-refractivity contribution in [2.75, 3.05) is 5.32 Å². The summed E-state index contributed by atoms with van der Waals surface area (Å²) in [6.45, 7) is 5.66. The fourth-order valence-electron chi connectivity index (χ4n) is 3.74. The Morgan fingerprint density at radius 2 is 1.92 bits per heavy atom. The Kier molecular flexibility index (Phi) is 4.78. The molecular formula is C18H24BrFN2O2. The lowest BCUT2D eigenvalue weighted by Crippen LogP contribution is -2.51. The molecule has 0 aromatic heterocycles. The average Bonchev–Trinajstić information content (AvgIpc) is 2.74. The third-order valence-corrected chi connectivity index (χ3v) is 5.26. The minimum Gasteiger partial charge on any atom is -0.444 e. The van der Waals surface area contributed by atoms with Gasteiger partial charge in [0.15, 0.2) is 5.82 Å². The maximum Gasteiger partial charge on any atom is 0.410 e. The number of hydrogen-bond acceptors (Lipinski definition) is 3. The van der Waals surface area contributed by atoms with E-state index in [9.17, 15) is 9.18 Å². The molecule has 2 unspecified atom stereocenters. The van der Waals surface area contributed by atoms with Crippen molar-refractivity contribution in [1.29, 1.82) is 0 Å². The Labute approximate surface area is 150 Å². The number of nitrogens with one attached hydrogen (secondary N) is 1. The molecule has 132 valence electrons. The van der Waals surface area contributed by atoms with Crippen molar-refractivity contribution in [3.63, 3.8) is 0 Å². The van der Waals surface area contributed by atoms with Gasteiger partial charge in [0.2, 0.25) is 0 Å². The Balaban J connectivity index is 1.67. The van der Waals surface area contributed by atoms with E-state index in [2.05, 4.69) is 21.2 Å². The number of rotatable bonds is 2. The standard InChI is InChI=1S/C18H24BrFN2O2/c1-18(2,3)24-17(23)22-12-7-8-13(22)10-11(9-12)21-15-6-4-5-14(19)16(15)20/h4-6,11-13,21H,7-10H2,1-3H3. The fourth-order valence-corrected chi connectivity index (χ4v) is 4.11. The number of amides is 1. The highest BCUT2D eigenvalue weighted by Gasteiger charge is 2.44. The van der Waals surface area contributed by atoms with Crippen molar-refractivity contribution < 1.29 is 13.9 Å². The first kappa shape index (κ1) is 17.5. The van der Waals surface area contributed by atoms with Crippen LogP contribution in [0.5, 0.6) is 0 Å². The van der Waals surface area contributed by atoms with Gasteiger partial charge in [-0.2, -0.15) is 0 Å². The molecular weight excluding hydrogens is 375 g/mol. The van der Waals surface area contributed by atoms with E-state index in [4.69, 9.17) is 4.74 Å². The zero-order chi connectivity index (χ0) is 17.5. The van der Waals surface area contributed by atoms with Crippen molar-refractivity contribution in [2.24, 2.45) is 0 Å². The van der Waals surface area contributed by atoms with Crippen molar-refractivity contribution in [2.45, 2.75) is 70.2 Å². The van der Waals surface area contributed by atoms with E-state index in [0.29, 0.717) is 10.2 Å². The molecule has 0 radical (unpaired) electrons. The number of carbonyl (C=O) groups is 1. The lowest BCUT2D eigenvalue weighted by Gasteiger charge is -2.40. The van der Waals surface area contributed by atoms with Gasteiger partial charge < -0.3 is 15.0 Å². The first-order valence-corrected chi connectivity index (χ1v) is 9.26. The maximum absolute atomic E-state index is 14.2. The third-order valence-electron chi connectivity index (χ3n) is 4.65. The molecule has 4 nitrogen and oxygen atoms in total. The number of nitrogens with zero attached hydrogens (tertiary/aromatic N) is 1. The van der Waals surface area contributed by atoms with Gasteiger partial charge in [0.1, 0.15) is 5.60 Å². The van der Waals surface area contributed by atoms with Crippen LogP contribution in [0.25, 0.3) is 0 Å². The van der Waals surface area contributed by atoms with Crippen molar-refractivity contribution in [3.05, 3.63) is 28.5 Å². The number of piperidine rings is 1. The second-order valence-electron chi connectivity index (χ2n) is 7.69. The predicted molar refractivity (Wildman–Crippen MR) is 95.6 cm³/mol. The topological polar surface area (TPSA) is 41.6 Å². The van der Waals surface area contributed by atoms with E-state index in [1.165, 1.54) is 0 Å². The molecule has 2 atom stereocenters. The largest absolute Gasteiger partial charge is 0.444 e. The quantitative estimate of drug-likeness (QED) is 0.767. The number of halogens is 2. The zero-order valence-corrected chi connectivity index (χ0v) is 15.9. The molecule has 1 aromatic carbocycles. The second kappa shape index (κ2) is 6.54. The monoisotopic (exact) mass is 398 g/mol. The van der Waals surface area contributed by atoms with Crippen LogP contribution in [-0.2, 0) is 4.74 Å². The highest BCUT2D eigenvalue weighted by atomic mass is 79.9. The normalized spacial score (nSPS) is 26.4. The smallest absolute Gasteiger partial charge is 0.410 e. The van der Waals surface area contributed by atoms with Crippen LogP contribution in [0.4, 0.5) is 14.9 Å². The Morgan fingerprint density at radius 1 is 1.29 bits per heavy atom. The van der Waals surface area contributed by atoms with Gasteiger partial charge in [-0.1, -0.05) is 6.07 Å². The minimum absolute atomic E-state index is 0.171. The van der Waals surface area contributed by atoms with Gasteiger partial charge in [-0.05, 0) is 74.5 Å². The second-order valence-corrected chi connectivity index (χ2v) is 8.54. The Bertz CT molecular complexity index is 618. The number of hydrogen-bond donors (Lipinski definition) is 1. The lowest BCUT2D eigenvalue weighted by atomic mass is 9.97. The number of anilines is 1. The van der Waals surface area contributed by atoms with E-state index in [-0.39, 0.29) is 30.0 Å². The van der Waals surface area contributed by atoms with Gasteiger partial charge in [-0.25, -0.2) is 9.18 Å². The molecule has 1 N–H and O–H groups in total. The van der Waals surface area contributed by atoms with Crippen LogP contribution in [-0.4, -0.2) is 34.7 Å². The predicted octanol–water partition coefficient (Wildman–Crippen LogP) is 4.93. The number of ether oxygens (including phenoxy) is 1. The summed E-state index contributed by atoms with van der Waals surface area (Å²) < 4.78 is 20.2. The zero-order valence-electron chi connectivity index (χ0n) is 14.3. The van der Waals surface area contributed by atoms with Crippen molar-refractivity contribution in [3.8, 4) is 0 Å². The highest BCUT2D eigenvalue weighted by molar-refractivity contribution is 9.10. The molecule has 6 heteroatoms. The Hall–Kier alpha value is -1.30. The molecule has 1 amide bonds. The van der Waals surface area contributed by atoms with Crippen LogP contribution in [0, 0.1) is 5.82 Å². The van der Waals surface area contributed by atoms with E-state index in [1.54, 1.807) is 12.1 Å². The van der Waals surface area contributed by atoms with Gasteiger partial charge in [0, 0.05) is 18.1 Å². The Morgan fingerprint density at radius 3 is 2.50 bits per heavy atom. The summed E-state index contributed by atoms with van der Waals surface area (Å²) in [5.74, 6) is -0.264. The molecule has 1 aromatic rings. The van der Waals surface area contributed by atoms with E-state index >= 15 is 0 Å². The van der Waals surface area contributed by atoms with Gasteiger partial charge >= 0.3 is 6.09 Å². The first-order chi connectivity index (χ1) is 11.2. The van der Waals surface area contributed by atoms with Gasteiger partial charge in [0.25, 0.3) is 0 Å². The maximum atomic E-state index is 14.2.